The van der Waals surface area contributed by atoms with Gasteiger partial charge in [-0.25, -0.2) is 9.97 Å². The minimum atomic E-state index is -0.121. The first kappa shape index (κ1) is 29.3. The van der Waals surface area contributed by atoms with Gasteiger partial charge in [-0.2, -0.15) is 0 Å². The summed E-state index contributed by atoms with van der Waals surface area (Å²) in [4.78, 5) is 29.6. The molecule has 0 radical (unpaired) electrons. The van der Waals surface area contributed by atoms with E-state index >= 15 is 0 Å². The van der Waals surface area contributed by atoms with Gasteiger partial charge in [0.1, 0.15) is 11.6 Å². The summed E-state index contributed by atoms with van der Waals surface area (Å²) >= 11 is 1.73. The molecule has 41 heavy (non-hydrogen) atoms. The van der Waals surface area contributed by atoms with Crippen molar-refractivity contribution >= 4 is 34.0 Å². The molecule has 0 saturated carbocycles. The van der Waals surface area contributed by atoms with E-state index in [4.69, 9.17) is 15.5 Å². The van der Waals surface area contributed by atoms with E-state index in [2.05, 4.69) is 79.4 Å². The van der Waals surface area contributed by atoms with Crippen molar-refractivity contribution in [1.82, 2.24) is 19.9 Å². The lowest BCUT2D eigenvalue weighted by Gasteiger charge is -2.34. The van der Waals surface area contributed by atoms with Crippen molar-refractivity contribution in [3.05, 3.63) is 65.6 Å². The van der Waals surface area contributed by atoms with Gasteiger partial charge in [0.15, 0.2) is 0 Å². The number of nitrogen functional groups attached to an aromatic ring is 1. The minimum Gasteiger partial charge on any atom is -0.383 e. The van der Waals surface area contributed by atoms with Gasteiger partial charge in [-0.15, -0.1) is 11.3 Å². The Bertz CT molecular complexity index is 1420. The lowest BCUT2D eigenvalue weighted by molar-refractivity contribution is -0.134. The number of hydrogen-bond donors (Lipinski definition) is 2. The normalized spacial score (nSPS) is 16.1. The smallest absolute Gasteiger partial charge is 0.223 e. The van der Waals surface area contributed by atoms with Crippen LogP contribution in [-0.4, -0.2) is 45.5 Å². The Balaban J connectivity index is 1.42. The maximum atomic E-state index is 13.9. The van der Waals surface area contributed by atoms with Gasteiger partial charge >= 0.3 is 0 Å². The maximum absolute atomic E-state index is 13.9. The molecule has 218 valence electrons. The molecular formula is C33H43N5O2S. The van der Waals surface area contributed by atoms with Gasteiger partial charge in [-0.05, 0) is 90.6 Å². The summed E-state index contributed by atoms with van der Waals surface area (Å²) in [5.74, 6) is 2.07. The molecule has 2 unspecified atom stereocenters. The quantitative estimate of drug-likeness (QED) is 0.204. The van der Waals surface area contributed by atoms with Crippen LogP contribution in [0.3, 0.4) is 0 Å². The zero-order valence-corrected chi connectivity index (χ0v) is 25.5. The number of aromatic amines is 1. The highest BCUT2D eigenvalue weighted by Crippen LogP contribution is 2.40. The number of ether oxygens (including phenoxy) is 1. The van der Waals surface area contributed by atoms with E-state index in [0.717, 1.165) is 61.2 Å². The summed E-state index contributed by atoms with van der Waals surface area (Å²) in [5, 5.41) is 3.18. The summed E-state index contributed by atoms with van der Waals surface area (Å²) in [6.07, 6.45) is 7.58. The molecule has 5 rings (SSSR count). The predicted octanol–water partition coefficient (Wildman–Crippen LogP) is 7.59. The first-order valence-corrected chi connectivity index (χ1v) is 15.7. The van der Waals surface area contributed by atoms with E-state index in [1.165, 1.54) is 10.4 Å². The molecular weight excluding hydrogens is 530 g/mol. The molecule has 4 heterocycles. The Labute approximate surface area is 247 Å². The Kier molecular flexibility index (Phi) is 9.09. The lowest BCUT2D eigenvalue weighted by Crippen LogP contribution is -2.37. The minimum absolute atomic E-state index is 0.121. The molecule has 1 aromatic carbocycles. The molecule has 1 amide bonds. The van der Waals surface area contributed by atoms with Gasteiger partial charge in [-0.3, -0.25) is 4.79 Å². The molecule has 8 heteroatoms. The maximum Gasteiger partial charge on any atom is 0.223 e. The van der Waals surface area contributed by atoms with Gasteiger partial charge in [-0.1, -0.05) is 32.9 Å². The van der Waals surface area contributed by atoms with Crippen LogP contribution < -0.4 is 5.73 Å². The molecule has 4 aromatic rings. The Morgan fingerprint density at radius 2 is 2.02 bits per heavy atom. The number of anilines is 1. The van der Waals surface area contributed by atoms with Crippen molar-refractivity contribution in [1.29, 1.82) is 0 Å². The highest BCUT2D eigenvalue weighted by Gasteiger charge is 2.31. The molecule has 3 N–H and O–H groups in total. The van der Waals surface area contributed by atoms with Crippen molar-refractivity contribution in [2.24, 2.45) is 11.3 Å². The number of fused-ring (bicyclic) bond motifs is 1. The summed E-state index contributed by atoms with van der Waals surface area (Å²) in [6, 6.07) is 12.7. The fraction of sp³-hybridized carbons (Fsp3) is 0.485. The molecule has 1 aliphatic heterocycles. The van der Waals surface area contributed by atoms with Crippen LogP contribution in [0.5, 0.6) is 0 Å². The van der Waals surface area contributed by atoms with E-state index in [1.807, 2.05) is 11.1 Å². The molecule has 1 fully saturated rings. The number of aromatic nitrogens is 3. The highest BCUT2D eigenvalue weighted by molar-refractivity contribution is 7.13. The number of carbonyl (C=O) groups is 1. The van der Waals surface area contributed by atoms with Crippen LogP contribution in [0.4, 0.5) is 5.82 Å². The summed E-state index contributed by atoms with van der Waals surface area (Å²) in [6.45, 7) is 10.9. The topological polar surface area (TPSA) is 97.1 Å². The number of nitrogens with two attached hydrogens (primary N) is 1. The summed E-state index contributed by atoms with van der Waals surface area (Å²) in [7, 11) is 0. The average molecular weight is 574 g/mol. The Morgan fingerprint density at radius 1 is 1.22 bits per heavy atom. The van der Waals surface area contributed by atoms with Crippen LogP contribution in [0.2, 0.25) is 0 Å². The second-order valence-electron chi connectivity index (χ2n) is 12.5. The van der Waals surface area contributed by atoms with E-state index in [9.17, 15) is 4.79 Å². The summed E-state index contributed by atoms with van der Waals surface area (Å²) in [5.41, 5.74) is 9.92. The van der Waals surface area contributed by atoms with Gasteiger partial charge in [0.25, 0.3) is 0 Å². The largest absolute Gasteiger partial charge is 0.383 e. The average Bonchev–Trinajstić information content (AvgIpc) is 3.68. The van der Waals surface area contributed by atoms with Crippen molar-refractivity contribution in [2.75, 3.05) is 25.5 Å². The number of nitrogens with one attached hydrogen (secondary N) is 1. The SMILES string of the molecule is CC(c1ncc[nH]1)N(CCC(C)(C)C)C(=O)CCC(c1cc2cc(-c3cccs3)ccc2nc1N)C1CCOCC1. The number of pyridine rings is 1. The number of thiophene rings is 1. The third kappa shape index (κ3) is 7.16. The van der Waals surface area contributed by atoms with Gasteiger partial charge < -0.3 is 20.4 Å². The third-order valence-electron chi connectivity index (χ3n) is 8.39. The van der Waals surface area contributed by atoms with E-state index in [0.29, 0.717) is 24.7 Å². The van der Waals surface area contributed by atoms with Gasteiger partial charge in [0.05, 0.1) is 11.6 Å². The Hall–Kier alpha value is -3.23. The van der Waals surface area contributed by atoms with Crippen LogP contribution in [0.15, 0.2) is 54.2 Å². The number of H-pyrrole nitrogens is 1. The van der Waals surface area contributed by atoms with E-state index in [1.54, 1.807) is 17.5 Å². The standard InChI is InChI=1S/C33H43N5O2S/c1-22(32-35-14-15-36-32)38(16-13-33(2,3)4)30(39)10-8-26(23-11-17-40-18-12-23)27-21-25-20-24(29-6-5-19-41-29)7-9-28(25)37-31(27)34/h5-7,9,14-15,19-23,26H,8,10-13,16-18H2,1-4H3,(H2,34,37)(H,35,36). The summed E-state index contributed by atoms with van der Waals surface area (Å²) < 4.78 is 5.71. The number of carbonyl (C=O) groups excluding carboxylic acids is 1. The second kappa shape index (κ2) is 12.7. The van der Waals surface area contributed by atoms with Gasteiger partial charge in [0.2, 0.25) is 5.91 Å². The van der Waals surface area contributed by atoms with Crippen molar-refractivity contribution in [2.45, 2.75) is 71.8 Å². The van der Waals surface area contributed by atoms with Gasteiger partial charge in [0, 0.05) is 48.8 Å². The van der Waals surface area contributed by atoms with Crippen molar-refractivity contribution < 1.29 is 9.53 Å². The number of benzene rings is 1. The van der Waals surface area contributed by atoms with Crippen LogP contribution in [-0.2, 0) is 9.53 Å². The van der Waals surface area contributed by atoms with Crippen molar-refractivity contribution in [3.8, 4) is 10.4 Å². The molecule has 1 aliphatic rings. The first-order chi connectivity index (χ1) is 19.7. The van der Waals surface area contributed by atoms with Crippen LogP contribution in [0, 0.1) is 11.3 Å². The van der Waals surface area contributed by atoms with E-state index in [-0.39, 0.29) is 23.3 Å². The van der Waals surface area contributed by atoms with Crippen LogP contribution >= 0.6 is 11.3 Å². The monoisotopic (exact) mass is 573 g/mol. The predicted molar refractivity (Wildman–Crippen MR) is 168 cm³/mol. The zero-order valence-electron chi connectivity index (χ0n) is 24.7. The number of imidazole rings is 1. The molecule has 2 atom stereocenters. The number of hydrogen-bond acceptors (Lipinski definition) is 6. The number of nitrogens with zero attached hydrogens (tertiary/aromatic N) is 3. The molecule has 0 aliphatic carbocycles. The number of rotatable bonds is 10. The fourth-order valence-corrected chi connectivity index (χ4v) is 6.65. The molecule has 3 aromatic heterocycles. The third-order valence-corrected chi connectivity index (χ3v) is 9.31. The first-order valence-electron chi connectivity index (χ1n) is 14.8. The highest BCUT2D eigenvalue weighted by atomic mass is 32.1. The lowest BCUT2D eigenvalue weighted by atomic mass is 9.78. The van der Waals surface area contributed by atoms with Crippen molar-refractivity contribution in [3.63, 3.8) is 0 Å². The van der Waals surface area contributed by atoms with Crippen LogP contribution in [0.25, 0.3) is 21.3 Å². The Morgan fingerprint density at radius 3 is 2.71 bits per heavy atom. The molecule has 0 spiro atoms. The second-order valence-corrected chi connectivity index (χ2v) is 13.4. The fourth-order valence-electron chi connectivity index (χ4n) is 5.93. The molecule has 1 saturated heterocycles. The van der Waals surface area contributed by atoms with Crippen LogP contribution in [0.1, 0.15) is 83.1 Å². The number of amides is 1. The zero-order chi connectivity index (χ0) is 29.0. The van der Waals surface area contributed by atoms with E-state index < -0.39 is 0 Å². The molecule has 0 bridgehead atoms. The molecule has 7 nitrogen and oxygen atoms in total.